The van der Waals surface area contributed by atoms with Crippen LogP contribution in [0, 0.1) is 13.8 Å². The molecule has 4 rings (SSSR count). The quantitative estimate of drug-likeness (QED) is 0.628. The summed E-state index contributed by atoms with van der Waals surface area (Å²) >= 11 is 1.23. The molecule has 0 saturated carbocycles. The second-order valence-electron chi connectivity index (χ2n) is 7.62. The monoisotopic (exact) mass is 436 g/mol. The van der Waals surface area contributed by atoms with E-state index < -0.39 is 0 Å². The minimum atomic E-state index is -0.300. The van der Waals surface area contributed by atoms with E-state index in [1.165, 1.54) is 11.3 Å². The highest BCUT2D eigenvalue weighted by molar-refractivity contribution is 7.13. The van der Waals surface area contributed by atoms with Crippen molar-refractivity contribution < 1.29 is 14.3 Å². The Morgan fingerprint density at radius 1 is 1.13 bits per heavy atom. The number of carbonyl (C=O) groups is 2. The van der Waals surface area contributed by atoms with E-state index in [2.05, 4.69) is 15.5 Å². The molecule has 2 amide bonds. The van der Waals surface area contributed by atoms with Gasteiger partial charge in [-0.15, -0.1) is 10.2 Å². The lowest BCUT2D eigenvalue weighted by Crippen LogP contribution is -2.34. The molecule has 1 fully saturated rings. The summed E-state index contributed by atoms with van der Waals surface area (Å²) < 4.78 is 5.68. The van der Waals surface area contributed by atoms with Crippen LogP contribution in [0.25, 0.3) is 0 Å². The SMILES string of the molecule is Cc1ccc(NC(=O)c2nnc([C@@H]3CCCN3C(=O)COc3cccc(C)c3)s2)cc1. The molecule has 1 N–H and O–H groups in total. The number of aromatic nitrogens is 2. The number of hydrogen-bond donors (Lipinski definition) is 1. The number of carbonyl (C=O) groups excluding carboxylic acids is 2. The minimum absolute atomic E-state index is 0.0282. The van der Waals surface area contributed by atoms with E-state index in [1.54, 1.807) is 4.90 Å². The molecular formula is C23H24N4O3S. The van der Waals surface area contributed by atoms with Crippen molar-refractivity contribution in [3.8, 4) is 5.75 Å². The summed E-state index contributed by atoms with van der Waals surface area (Å²) in [5.41, 5.74) is 2.90. The van der Waals surface area contributed by atoms with Gasteiger partial charge in [-0.05, 0) is 56.5 Å². The zero-order chi connectivity index (χ0) is 21.8. The third-order valence-electron chi connectivity index (χ3n) is 5.15. The molecule has 1 aliphatic heterocycles. The van der Waals surface area contributed by atoms with Crippen molar-refractivity contribution in [1.82, 2.24) is 15.1 Å². The Labute approximate surface area is 185 Å². The second kappa shape index (κ2) is 9.26. The first kappa shape index (κ1) is 21.0. The van der Waals surface area contributed by atoms with Gasteiger partial charge < -0.3 is 15.0 Å². The molecule has 1 atom stereocenters. The van der Waals surface area contributed by atoms with Crippen LogP contribution >= 0.6 is 11.3 Å². The van der Waals surface area contributed by atoms with Crippen molar-refractivity contribution in [3.05, 3.63) is 69.7 Å². The second-order valence-corrected chi connectivity index (χ2v) is 8.63. The number of nitrogens with zero attached hydrogens (tertiary/aromatic N) is 3. The molecule has 1 saturated heterocycles. The first-order chi connectivity index (χ1) is 15.0. The van der Waals surface area contributed by atoms with Gasteiger partial charge in [-0.25, -0.2) is 0 Å². The van der Waals surface area contributed by atoms with Crippen LogP contribution in [-0.2, 0) is 4.79 Å². The average molecular weight is 437 g/mol. The van der Waals surface area contributed by atoms with E-state index in [1.807, 2.05) is 62.4 Å². The molecule has 0 spiro atoms. The van der Waals surface area contributed by atoms with Gasteiger partial charge in [0.15, 0.2) is 6.61 Å². The number of anilines is 1. The van der Waals surface area contributed by atoms with E-state index in [0.29, 0.717) is 23.0 Å². The van der Waals surface area contributed by atoms with Gasteiger partial charge in [0.1, 0.15) is 10.8 Å². The predicted octanol–water partition coefficient (Wildman–Crippen LogP) is 4.15. The Morgan fingerprint density at radius 2 is 1.94 bits per heavy atom. The summed E-state index contributed by atoms with van der Waals surface area (Å²) in [5, 5.41) is 12.1. The number of nitrogens with one attached hydrogen (secondary N) is 1. The maximum Gasteiger partial charge on any atom is 0.286 e. The highest BCUT2D eigenvalue weighted by Crippen LogP contribution is 2.34. The predicted molar refractivity (Wildman–Crippen MR) is 119 cm³/mol. The molecule has 0 radical (unpaired) electrons. The maximum absolute atomic E-state index is 12.8. The van der Waals surface area contributed by atoms with Crippen LogP contribution in [0.3, 0.4) is 0 Å². The Morgan fingerprint density at radius 3 is 2.71 bits per heavy atom. The molecule has 7 nitrogen and oxygen atoms in total. The third kappa shape index (κ3) is 5.08. The fourth-order valence-electron chi connectivity index (χ4n) is 3.54. The lowest BCUT2D eigenvalue weighted by molar-refractivity contribution is -0.134. The number of likely N-dealkylation sites (tertiary alicyclic amines) is 1. The molecule has 8 heteroatoms. The summed E-state index contributed by atoms with van der Waals surface area (Å²) in [6.45, 7) is 4.58. The van der Waals surface area contributed by atoms with Crippen LogP contribution in [0.1, 0.15) is 44.8 Å². The Bertz CT molecular complexity index is 1080. The Balaban J connectivity index is 1.39. The highest BCUT2D eigenvalue weighted by atomic mass is 32.1. The fraction of sp³-hybridized carbons (Fsp3) is 0.304. The van der Waals surface area contributed by atoms with Crippen molar-refractivity contribution in [2.45, 2.75) is 32.7 Å². The van der Waals surface area contributed by atoms with Gasteiger partial charge >= 0.3 is 0 Å². The highest BCUT2D eigenvalue weighted by Gasteiger charge is 2.33. The van der Waals surface area contributed by atoms with E-state index in [9.17, 15) is 9.59 Å². The summed E-state index contributed by atoms with van der Waals surface area (Å²) in [6, 6.07) is 15.0. The van der Waals surface area contributed by atoms with Crippen LogP contribution in [0.15, 0.2) is 48.5 Å². The third-order valence-corrected chi connectivity index (χ3v) is 6.18. The number of benzene rings is 2. The van der Waals surface area contributed by atoms with Crippen molar-refractivity contribution >= 4 is 28.8 Å². The summed E-state index contributed by atoms with van der Waals surface area (Å²) in [5.74, 6) is 0.284. The van der Waals surface area contributed by atoms with Crippen molar-refractivity contribution in [2.75, 3.05) is 18.5 Å². The number of aryl methyl sites for hydroxylation is 2. The summed E-state index contributed by atoms with van der Waals surface area (Å²) in [7, 11) is 0. The first-order valence-corrected chi connectivity index (χ1v) is 11.0. The van der Waals surface area contributed by atoms with E-state index in [-0.39, 0.29) is 29.5 Å². The normalized spacial score (nSPS) is 15.7. The Hall–Kier alpha value is -3.26. The van der Waals surface area contributed by atoms with Crippen molar-refractivity contribution in [1.29, 1.82) is 0 Å². The molecule has 31 heavy (non-hydrogen) atoms. The van der Waals surface area contributed by atoms with Crippen LogP contribution in [0.4, 0.5) is 5.69 Å². The van der Waals surface area contributed by atoms with E-state index >= 15 is 0 Å². The van der Waals surface area contributed by atoms with Gasteiger partial charge in [-0.2, -0.15) is 0 Å². The zero-order valence-corrected chi connectivity index (χ0v) is 18.3. The summed E-state index contributed by atoms with van der Waals surface area (Å²) in [4.78, 5) is 27.1. The van der Waals surface area contributed by atoms with Crippen LogP contribution in [0.2, 0.25) is 0 Å². The van der Waals surface area contributed by atoms with Gasteiger partial charge in [-0.3, -0.25) is 9.59 Å². The smallest absolute Gasteiger partial charge is 0.286 e. The molecule has 0 unspecified atom stereocenters. The van der Waals surface area contributed by atoms with Crippen LogP contribution in [-0.4, -0.2) is 40.1 Å². The molecular weight excluding hydrogens is 412 g/mol. The van der Waals surface area contributed by atoms with E-state index in [0.717, 1.165) is 24.0 Å². The van der Waals surface area contributed by atoms with Gasteiger partial charge in [0, 0.05) is 12.2 Å². The molecule has 2 heterocycles. The lowest BCUT2D eigenvalue weighted by Gasteiger charge is -2.22. The fourth-order valence-corrected chi connectivity index (χ4v) is 4.42. The standard InChI is InChI=1S/C23H24N4O3S/c1-15-8-10-17(11-9-15)24-21(29)23-26-25-22(31-23)19-7-4-12-27(19)20(28)14-30-18-6-3-5-16(2)13-18/h3,5-6,8-11,13,19H,4,7,12,14H2,1-2H3,(H,24,29)/t19-/m0/s1. The molecule has 1 aromatic heterocycles. The van der Waals surface area contributed by atoms with Crippen molar-refractivity contribution in [2.24, 2.45) is 0 Å². The van der Waals surface area contributed by atoms with Crippen LogP contribution < -0.4 is 10.1 Å². The Kier molecular flexibility index (Phi) is 6.27. The number of amides is 2. The topological polar surface area (TPSA) is 84.4 Å². The lowest BCUT2D eigenvalue weighted by atomic mass is 10.2. The number of hydrogen-bond acceptors (Lipinski definition) is 6. The maximum atomic E-state index is 12.8. The van der Waals surface area contributed by atoms with E-state index in [4.69, 9.17) is 4.74 Å². The van der Waals surface area contributed by atoms with Gasteiger partial charge in [0.2, 0.25) is 5.01 Å². The molecule has 1 aliphatic rings. The van der Waals surface area contributed by atoms with Crippen molar-refractivity contribution in [3.63, 3.8) is 0 Å². The summed E-state index contributed by atoms with van der Waals surface area (Å²) in [6.07, 6.45) is 1.68. The van der Waals surface area contributed by atoms with Gasteiger partial charge in [0.25, 0.3) is 11.8 Å². The molecule has 0 aliphatic carbocycles. The number of rotatable bonds is 6. The molecule has 3 aromatic rings. The van der Waals surface area contributed by atoms with Gasteiger partial charge in [0.05, 0.1) is 6.04 Å². The largest absolute Gasteiger partial charge is 0.484 e. The zero-order valence-electron chi connectivity index (χ0n) is 17.5. The van der Waals surface area contributed by atoms with Crippen LogP contribution in [0.5, 0.6) is 5.75 Å². The average Bonchev–Trinajstić information content (AvgIpc) is 3.43. The number of ether oxygens (including phenoxy) is 1. The molecule has 0 bridgehead atoms. The van der Waals surface area contributed by atoms with Gasteiger partial charge in [-0.1, -0.05) is 41.2 Å². The molecule has 2 aromatic carbocycles. The minimum Gasteiger partial charge on any atom is -0.484 e. The first-order valence-electron chi connectivity index (χ1n) is 10.2. The molecule has 160 valence electrons.